The standard InChI is InChI=1S/C14H15N7O4/c1-10-15-8-13(21(23)24)20(10)5-4-19-9-11(17-18-19)7-16-14(22)12-3-2-6-25-12/h2-3,6,8-9H,4-5,7H2,1H3,(H,16,22). The van der Waals surface area contributed by atoms with E-state index in [-0.39, 0.29) is 24.0 Å². The fraction of sp³-hybridized carbons (Fsp3) is 0.286. The number of carbonyl (C=O) groups is 1. The van der Waals surface area contributed by atoms with Gasteiger partial charge in [-0.05, 0) is 17.1 Å². The number of amides is 1. The van der Waals surface area contributed by atoms with E-state index in [0.717, 1.165) is 0 Å². The molecule has 130 valence electrons. The molecule has 0 aliphatic carbocycles. The fourth-order valence-corrected chi connectivity index (χ4v) is 2.28. The highest BCUT2D eigenvalue weighted by molar-refractivity contribution is 5.91. The van der Waals surface area contributed by atoms with Crippen LogP contribution in [0.2, 0.25) is 0 Å². The zero-order valence-electron chi connectivity index (χ0n) is 13.3. The number of nitrogens with zero attached hydrogens (tertiary/aromatic N) is 6. The Bertz CT molecular complexity index is 881. The molecule has 0 fully saturated rings. The van der Waals surface area contributed by atoms with Crippen LogP contribution in [-0.4, -0.2) is 35.4 Å². The van der Waals surface area contributed by atoms with Gasteiger partial charge >= 0.3 is 5.82 Å². The van der Waals surface area contributed by atoms with E-state index >= 15 is 0 Å². The first kappa shape index (κ1) is 16.4. The Morgan fingerprint density at radius 3 is 3.00 bits per heavy atom. The largest absolute Gasteiger partial charge is 0.459 e. The Balaban J connectivity index is 1.56. The van der Waals surface area contributed by atoms with E-state index in [1.807, 2.05) is 0 Å². The Hall–Kier alpha value is -3.50. The number of carbonyl (C=O) groups excluding carboxylic acids is 1. The molecule has 3 rings (SSSR count). The van der Waals surface area contributed by atoms with Crippen LogP contribution in [-0.2, 0) is 19.6 Å². The molecule has 0 saturated heterocycles. The predicted octanol–water partition coefficient (Wildman–Crippen LogP) is 0.914. The Kier molecular flexibility index (Phi) is 4.55. The van der Waals surface area contributed by atoms with E-state index in [9.17, 15) is 14.9 Å². The third-order valence-electron chi connectivity index (χ3n) is 3.53. The molecule has 0 radical (unpaired) electrons. The Labute approximate surface area is 141 Å². The van der Waals surface area contributed by atoms with Gasteiger partial charge in [0.25, 0.3) is 5.91 Å². The normalized spacial score (nSPS) is 10.8. The molecule has 0 saturated carbocycles. The van der Waals surface area contributed by atoms with Crippen molar-refractivity contribution >= 4 is 11.7 Å². The summed E-state index contributed by atoms with van der Waals surface area (Å²) in [6.07, 6.45) is 4.31. The molecule has 11 heteroatoms. The second kappa shape index (κ2) is 6.95. The van der Waals surface area contributed by atoms with Crippen molar-refractivity contribution in [1.29, 1.82) is 0 Å². The molecule has 1 amide bonds. The number of nitrogens with one attached hydrogen (secondary N) is 1. The number of imidazole rings is 1. The number of aryl methyl sites for hydroxylation is 2. The van der Waals surface area contributed by atoms with Crippen molar-refractivity contribution < 1.29 is 14.1 Å². The molecule has 0 bridgehead atoms. The zero-order chi connectivity index (χ0) is 17.8. The molecule has 0 aliphatic rings. The lowest BCUT2D eigenvalue weighted by Crippen LogP contribution is -2.22. The summed E-state index contributed by atoms with van der Waals surface area (Å²) in [6.45, 7) is 2.62. The summed E-state index contributed by atoms with van der Waals surface area (Å²) in [5.74, 6) is 0.362. The third kappa shape index (κ3) is 3.71. The number of hydrogen-bond donors (Lipinski definition) is 1. The minimum absolute atomic E-state index is 0.0662. The molecule has 11 nitrogen and oxygen atoms in total. The number of nitro groups is 1. The highest BCUT2D eigenvalue weighted by Crippen LogP contribution is 2.13. The second-order valence-corrected chi connectivity index (χ2v) is 5.21. The SMILES string of the molecule is Cc1ncc([N+](=O)[O-])n1CCn1cc(CNC(=O)c2ccco2)nn1. The lowest BCUT2D eigenvalue weighted by molar-refractivity contribution is -0.392. The van der Waals surface area contributed by atoms with Crippen LogP contribution in [0.3, 0.4) is 0 Å². The number of rotatable bonds is 7. The summed E-state index contributed by atoms with van der Waals surface area (Å²) in [6, 6.07) is 3.19. The van der Waals surface area contributed by atoms with Gasteiger partial charge in [0.2, 0.25) is 0 Å². The topological polar surface area (TPSA) is 134 Å². The molecule has 3 aromatic heterocycles. The van der Waals surface area contributed by atoms with Crippen molar-refractivity contribution in [3.8, 4) is 0 Å². The quantitative estimate of drug-likeness (QED) is 0.497. The predicted molar refractivity (Wildman–Crippen MR) is 83.5 cm³/mol. The molecule has 0 aliphatic heterocycles. The van der Waals surface area contributed by atoms with E-state index < -0.39 is 4.92 Å². The van der Waals surface area contributed by atoms with E-state index in [1.165, 1.54) is 17.0 Å². The van der Waals surface area contributed by atoms with Gasteiger partial charge in [-0.25, -0.2) is 14.2 Å². The Morgan fingerprint density at radius 1 is 1.44 bits per heavy atom. The molecule has 0 atom stereocenters. The van der Waals surface area contributed by atoms with Crippen LogP contribution in [0.1, 0.15) is 22.1 Å². The molecule has 0 aromatic carbocycles. The van der Waals surface area contributed by atoms with Gasteiger partial charge in [-0.1, -0.05) is 5.21 Å². The molecular formula is C14H15N7O4. The van der Waals surface area contributed by atoms with Crippen molar-refractivity contribution in [3.63, 3.8) is 0 Å². The molecule has 0 unspecified atom stereocenters. The number of aromatic nitrogens is 5. The van der Waals surface area contributed by atoms with Gasteiger partial charge in [-0.2, -0.15) is 0 Å². The van der Waals surface area contributed by atoms with Crippen LogP contribution in [0, 0.1) is 17.0 Å². The lowest BCUT2D eigenvalue weighted by Gasteiger charge is -2.02. The molecular weight excluding hydrogens is 330 g/mol. The van der Waals surface area contributed by atoms with E-state index in [0.29, 0.717) is 24.6 Å². The van der Waals surface area contributed by atoms with Gasteiger partial charge in [0, 0.05) is 6.92 Å². The first-order chi connectivity index (χ1) is 12.0. The van der Waals surface area contributed by atoms with Crippen LogP contribution in [0.15, 0.2) is 35.2 Å². The van der Waals surface area contributed by atoms with E-state index in [1.54, 1.807) is 29.9 Å². The maximum atomic E-state index is 11.8. The van der Waals surface area contributed by atoms with Crippen molar-refractivity contribution in [2.24, 2.45) is 0 Å². The van der Waals surface area contributed by atoms with Crippen LogP contribution < -0.4 is 5.32 Å². The third-order valence-corrected chi connectivity index (χ3v) is 3.53. The van der Waals surface area contributed by atoms with Crippen LogP contribution in [0.5, 0.6) is 0 Å². The van der Waals surface area contributed by atoms with Crippen molar-refractivity contribution in [2.45, 2.75) is 26.6 Å². The van der Waals surface area contributed by atoms with Gasteiger partial charge < -0.3 is 19.8 Å². The monoisotopic (exact) mass is 345 g/mol. The summed E-state index contributed by atoms with van der Waals surface area (Å²) in [7, 11) is 0. The van der Waals surface area contributed by atoms with Gasteiger partial charge in [-0.3, -0.25) is 4.79 Å². The lowest BCUT2D eigenvalue weighted by atomic mass is 10.4. The average Bonchev–Trinajstić information content (AvgIpc) is 3.32. The second-order valence-electron chi connectivity index (χ2n) is 5.21. The van der Waals surface area contributed by atoms with Gasteiger partial charge in [0.1, 0.15) is 18.4 Å². The first-order valence-electron chi connectivity index (χ1n) is 7.42. The van der Waals surface area contributed by atoms with Crippen LogP contribution in [0.25, 0.3) is 0 Å². The summed E-state index contributed by atoms with van der Waals surface area (Å²) in [4.78, 5) is 26.2. The van der Waals surface area contributed by atoms with Crippen LogP contribution in [0.4, 0.5) is 5.82 Å². The molecule has 3 aromatic rings. The number of hydrogen-bond acceptors (Lipinski definition) is 7. The van der Waals surface area contributed by atoms with Crippen molar-refractivity contribution in [1.82, 2.24) is 29.9 Å². The maximum Gasteiger partial charge on any atom is 0.342 e. The first-order valence-corrected chi connectivity index (χ1v) is 7.42. The average molecular weight is 345 g/mol. The summed E-state index contributed by atoms with van der Waals surface area (Å²) in [5, 5.41) is 21.5. The molecule has 25 heavy (non-hydrogen) atoms. The molecule has 1 N–H and O–H groups in total. The summed E-state index contributed by atoms with van der Waals surface area (Å²) in [5.41, 5.74) is 0.566. The molecule has 0 spiro atoms. The summed E-state index contributed by atoms with van der Waals surface area (Å²) >= 11 is 0. The summed E-state index contributed by atoms with van der Waals surface area (Å²) < 4.78 is 8.05. The fourth-order valence-electron chi connectivity index (χ4n) is 2.28. The van der Waals surface area contributed by atoms with Crippen molar-refractivity contribution in [2.75, 3.05) is 0 Å². The number of furan rings is 1. The zero-order valence-corrected chi connectivity index (χ0v) is 13.3. The van der Waals surface area contributed by atoms with Crippen LogP contribution >= 0.6 is 0 Å². The highest BCUT2D eigenvalue weighted by Gasteiger charge is 2.17. The minimum Gasteiger partial charge on any atom is -0.459 e. The Morgan fingerprint density at radius 2 is 2.28 bits per heavy atom. The molecule has 3 heterocycles. The van der Waals surface area contributed by atoms with Gasteiger partial charge in [-0.15, -0.1) is 5.10 Å². The van der Waals surface area contributed by atoms with Crippen molar-refractivity contribution in [3.05, 3.63) is 58.2 Å². The van der Waals surface area contributed by atoms with Gasteiger partial charge in [0.15, 0.2) is 11.6 Å². The minimum atomic E-state index is -0.475. The smallest absolute Gasteiger partial charge is 0.342 e. The van der Waals surface area contributed by atoms with Gasteiger partial charge in [0.05, 0.1) is 25.5 Å². The maximum absolute atomic E-state index is 11.8. The van der Waals surface area contributed by atoms with E-state index in [4.69, 9.17) is 4.42 Å². The highest BCUT2D eigenvalue weighted by atomic mass is 16.6. The van der Waals surface area contributed by atoms with E-state index in [2.05, 4.69) is 20.6 Å².